The Bertz CT molecular complexity index is 616. The predicted molar refractivity (Wildman–Crippen MR) is 83.6 cm³/mol. The molecule has 0 spiro atoms. The summed E-state index contributed by atoms with van der Waals surface area (Å²) >= 11 is 11.9. The molecule has 1 aromatic carbocycles. The van der Waals surface area contributed by atoms with E-state index in [2.05, 4.69) is 10.4 Å². The molecule has 1 heterocycles. The highest BCUT2D eigenvalue weighted by Crippen LogP contribution is 2.27. The van der Waals surface area contributed by atoms with Crippen LogP contribution in [0.1, 0.15) is 22.7 Å². The zero-order chi connectivity index (χ0) is 14.7. The van der Waals surface area contributed by atoms with Gasteiger partial charge in [-0.15, -0.1) is 0 Å². The first-order valence-electron chi connectivity index (χ1n) is 6.13. The third-order valence-electron chi connectivity index (χ3n) is 3.09. The smallest absolute Gasteiger partial charge is 0.128 e. The highest BCUT2D eigenvalue weighted by atomic mass is 35.5. The lowest BCUT2D eigenvalue weighted by Crippen LogP contribution is -2.30. The van der Waals surface area contributed by atoms with Crippen LogP contribution in [0.2, 0.25) is 10.0 Å². The van der Waals surface area contributed by atoms with E-state index in [1.54, 1.807) is 12.3 Å². The first kappa shape index (κ1) is 15.1. The van der Waals surface area contributed by atoms with E-state index < -0.39 is 0 Å². The van der Waals surface area contributed by atoms with Crippen LogP contribution in [0.25, 0.3) is 0 Å². The average molecular weight is 311 g/mol. The van der Waals surface area contributed by atoms with Crippen molar-refractivity contribution in [1.82, 2.24) is 10.4 Å². The van der Waals surface area contributed by atoms with E-state index in [0.717, 1.165) is 16.7 Å². The van der Waals surface area contributed by atoms with Crippen molar-refractivity contribution in [3.63, 3.8) is 0 Å². The van der Waals surface area contributed by atoms with E-state index in [0.29, 0.717) is 22.3 Å². The van der Waals surface area contributed by atoms with Crippen molar-refractivity contribution < 1.29 is 0 Å². The molecule has 0 aliphatic heterocycles. The molecule has 1 aromatic heterocycles. The highest BCUT2D eigenvalue weighted by molar-refractivity contribution is 6.42. The van der Waals surface area contributed by atoms with Gasteiger partial charge in [0, 0.05) is 11.8 Å². The van der Waals surface area contributed by atoms with Gasteiger partial charge in [0.15, 0.2) is 0 Å². The number of aryl methyl sites for hydroxylation is 1. The van der Waals surface area contributed by atoms with Gasteiger partial charge in [0.2, 0.25) is 0 Å². The van der Waals surface area contributed by atoms with Crippen molar-refractivity contribution in [1.29, 1.82) is 0 Å². The Morgan fingerprint density at radius 3 is 2.65 bits per heavy atom. The second kappa shape index (κ2) is 6.41. The number of hydrogen-bond donors (Lipinski definition) is 3. The maximum absolute atomic E-state index is 6.02. The molecule has 2 rings (SSSR count). The van der Waals surface area contributed by atoms with Crippen molar-refractivity contribution in [3.8, 4) is 0 Å². The van der Waals surface area contributed by atoms with Crippen LogP contribution in [-0.4, -0.2) is 4.98 Å². The van der Waals surface area contributed by atoms with Crippen molar-refractivity contribution in [3.05, 3.63) is 57.2 Å². The molecule has 1 atom stereocenters. The Balaban J connectivity index is 2.28. The molecule has 106 valence electrons. The number of nitrogens with two attached hydrogens (primary N) is 2. The third kappa shape index (κ3) is 3.41. The summed E-state index contributed by atoms with van der Waals surface area (Å²) in [5.41, 5.74) is 11.6. The van der Waals surface area contributed by atoms with Gasteiger partial charge in [-0.25, -0.2) is 4.98 Å². The first-order chi connectivity index (χ1) is 9.51. The van der Waals surface area contributed by atoms with Crippen LogP contribution in [0.15, 0.2) is 30.5 Å². The monoisotopic (exact) mass is 310 g/mol. The predicted octanol–water partition coefficient (Wildman–Crippen LogP) is 3.03. The fourth-order valence-corrected chi connectivity index (χ4v) is 2.36. The summed E-state index contributed by atoms with van der Waals surface area (Å²) in [5.74, 6) is 6.12. The molecule has 0 aliphatic rings. The zero-order valence-electron chi connectivity index (χ0n) is 11.0. The van der Waals surface area contributed by atoms with Gasteiger partial charge in [-0.2, -0.15) is 0 Å². The highest BCUT2D eigenvalue weighted by Gasteiger charge is 2.15. The molecular weight excluding hydrogens is 295 g/mol. The minimum Gasteiger partial charge on any atom is -0.383 e. The third-order valence-corrected chi connectivity index (χ3v) is 3.83. The van der Waals surface area contributed by atoms with E-state index >= 15 is 0 Å². The Morgan fingerprint density at radius 1 is 1.25 bits per heavy atom. The Morgan fingerprint density at radius 2 is 2.00 bits per heavy atom. The van der Waals surface area contributed by atoms with Crippen LogP contribution < -0.4 is 17.0 Å². The number of halogens is 2. The number of pyridine rings is 1. The number of nitrogens with one attached hydrogen (secondary N) is 1. The molecule has 2 aromatic rings. The number of hydrogen-bond acceptors (Lipinski definition) is 4. The Hall–Kier alpha value is -1.33. The number of nitrogen functional groups attached to an aromatic ring is 1. The molecule has 0 amide bonds. The van der Waals surface area contributed by atoms with E-state index in [9.17, 15) is 0 Å². The maximum atomic E-state index is 6.02. The lowest BCUT2D eigenvalue weighted by Gasteiger charge is -2.18. The second-order valence-electron chi connectivity index (χ2n) is 4.66. The number of aromatic nitrogens is 1. The van der Waals surface area contributed by atoms with Gasteiger partial charge < -0.3 is 5.73 Å². The average Bonchev–Trinajstić information content (AvgIpc) is 2.43. The van der Waals surface area contributed by atoms with Crippen molar-refractivity contribution >= 4 is 29.0 Å². The summed E-state index contributed by atoms with van der Waals surface area (Å²) in [4.78, 5) is 4.16. The molecule has 0 fully saturated rings. The minimum atomic E-state index is -0.139. The van der Waals surface area contributed by atoms with Crippen molar-refractivity contribution in [2.75, 3.05) is 5.73 Å². The molecule has 0 saturated heterocycles. The van der Waals surface area contributed by atoms with Gasteiger partial charge in [-0.3, -0.25) is 11.3 Å². The van der Waals surface area contributed by atoms with Crippen LogP contribution in [0.4, 0.5) is 5.82 Å². The molecule has 20 heavy (non-hydrogen) atoms. The van der Waals surface area contributed by atoms with Crippen LogP contribution in [-0.2, 0) is 6.42 Å². The van der Waals surface area contributed by atoms with E-state index in [4.69, 9.17) is 34.8 Å². The summed E-state index contributed by atoms with van der Waals surface area (Å²) in [6.45, 7) is 1.96. The summed E-state index contributed by atoms with van der Waals surface area (Å²) in [6, 6.07) is 7.35. The van der Waals surface area contributed by atoms with Gasteiger partial charge in [0.05, 0.1) is 16.1 Å². The molecule has 0 saturated carbocycles. The summed E-state index contributed by atoms with van der Waals surface area (Å²) in [6.07, 6.45) is 2.37. The van der Waals surface area contributed by atoms with E-state index in [-0.39, 0.29) is 6.04 Å². The number of rotatable bonds is 4. The van der Waals surface area contributed by atoms with Crippen LogP contribution in [0.3, 0.4) is 0 Å². The summed E-state index contributed by atoms with van der Waals surface area (Å²) < 4.78 is 0. The summed E-state index contributed by atoms with van der Waals surface area (Å²) in [5, 5.41) is 1.06. The quantitative estimate of drug-likeness (QED) is 0.599. The number of benzene rings is 1. The van der Waals surface area contributed by atoms with Crippen LogP contribution in [0.5, 0.6) is 0 Å². The molecule has 4 nitrogen and oxygen atoms in total. The number of hydrazine groups is 1. The van der Waals surface area contributed by atoms with Gasteiger partial charge >= 0.3 is 0 Å². The van der Waals surface area contributed by atoms with Crippen LogP contribution in [0, 0.1) is 6.92 Å². The molecule has 1 unspecified atom stereocenters. The maximum Gasteiger partial charge on any atom is 0.128 e. The van der Waals surface area contributed by atoms with Gasteiger partial charge in [0.25, 0.3) is 0 Å². The Kier molecular flexibility index (Phi) is 4.83. The lowest BCUT2D eigenvalue weighted by atomic mass is 9.99. The number of nitrogens with zero attached hydrogens (tertiary/aromatic N) is 1. The normalized spacial score (nSPS) is 12.4. The topological polar surface area (TPSA) is 77.0 Å². The van der Waals surface area contributed by atoms with E-state index in [1.807, 2.05) is 25.1 Å². The fraction of sp³-hybridized carbons (Fsp3) is 0.214. The second-order valence-corrected chi connectivity index (χ2v) is 5.47. The lowest BCUT2D eigenvalue weighted by molar-refractivity contribution is 0.552. The Labute approximate surface area is 128 Å². The molecule has 0 radical (unpaired) electrons. The zero-order valence-corrected chi connectivity index (χ0v) is 12.5. The summed E-state index contributed by atoms with van der Waals surface area (Å²) in [7, 11) is 0. The molecule has 0 aliphatic carbocycles. The standard InChI is InChI=1S/C14H16Cl2N4/c1-8-4-10(14(17)19-7-8)13(20-18)6-9-2-3-11(15)12(16)5-9/h2-5,7,13,20H,6,18H2,1H3,(H2,17,19). The van der Waals surface area contributed by atoms with E-state index in [1.165, 1.54) is 0 Å². The fourth-order valence-electron chi connectivity index (χ4n) is 2.04. The largest absolute Gasteiger partial charge is 0.383 e. The molecule has 6 heteroatoms. The molecule has 5 N–H and O–H groups in total. The van der Waals surface area contributed by atoms with Gasteiger partial charge in [-0.1, -0.05) is 29.3 Å². The first-order valence-corrected chi connectivity index (χ1v) is 6.89. The van der Waals surface area contributed by atoms with Gasteiger partial charge in [-0.05, 0) is 42.7 Å². The SMILES string of the molecule is Cc1cnc(N)c(C(Cc2ccc(Cl)c(Cl)c2)NN)c1. The molecule has 0 bridgehead atoms. The van der Waals surface area contributed by atoms with Crippen LogP contribution >= 0.6 is 23.2 Å². The number of anilines is 1. The minimum absolute atomic E-state index is 0.139. The van der Waals surface area contributed by atoms with Crippen molar-refractivity contribution in [2.45, 2.75) is 19.4 Å². The molecular formula is C14H16Cl2N4. The van der Waals surface area contributed by atoms with Crippen molar-refractivity contribution in [2.24, 2.45) is 5.84 Å². The van der Waals surface area contributed by atoms with Gasteiger partial charge in [0.1, 0.15) is 5.82 Å².